The van der Waals surface area contributed by atoms with E-state index in [-0.39, 0.29) is 5.75 Å². The Morgan fingerprint density at radius 3 is 2.61 bits per heavy atom. The third-order valence-corrected chi connectivity index (χ3v) is 2.35. The van der Waals surface area contributed by atoms with E-state index in [9.17, 15) is 5.11 Å². The highest BCUT2D eigenvalue weighted by atomic mass is 16.5. The van der Waals surface area contributed by atoms with Gasteiger partial charge in [-0.25, -0.2) is 0 Å². The van der Waals surface area contributed by atoms with Crippen LogP contribution in [0.1, 0.15) is 5.56 Å². The summed E-state index contributed by atoms with van der Waals surface area (Å²) in [5, 5.41) is 18.3. The molecule has 0 saturated heterocycles. The number of methoxy groups -OCH3 is 1. The molecule has 0 fully saturated rings. The molecule has 0 amide bonds. The zero-order chi connectivity index (χ0) is 13.0. The van der Waals surface area contributed by atoms with Crippen LogP contribution in [0.25, 0.3) is 0 Å². The zero-order valence-corrected chi connectivity index (χ0v) is 9.75. The first-order valence-corrected chi connectivity index (χ1v) is 5.28. The van der Waals surface area contributed by atoms with Crippen LogP contribution in [0.15, 0.2) is 42.5 Å². The van der Waals surface area contributed by atoms with Crippen LogP contribution in [0.2, 0.25) is 0 Å². The smallest absolute Gasteiger partial charge is 0.148 e. The van der Waals surface area contributed by atoms with E-state index in [1.54, 1.807) is 43.5 Å². The Kier molecular flexibility index (Phi) is 3.35. The van der Waals surface area contributed by atoms with Gasteiger partial charge in [-0.15, -0.1) is 0 Å². The molecule has 2 rings (SSSR count). The predicted octanol–water partition coefficient (Wildman–Crippen LogP) is 3.06. The van der Waals surface area contributed by atoms with Crippen molar-refractivity contribution in [2.75, 3.05) is 7.11 Å². The molecule has 4 heteroatoms. The summed E-state index contributed by atoms with van der Waals surface area (Å²) in [6, 6.07) is 13.4. The number of ether oxygens (including phenoxy) is 2. The van der Waals surface area contributed by atoms with Crippen LogP contribution >= 0.6 is 0 Å². The van der Waals surface area contributed by atoms with E-state index in [2.05, 4.69) is 0 Å². The van der Waals surface area contributed by atoms with Crippen molar-refractivity contribution in [1.82, 2.24) is 0 Å². The molecule has 2 aromatic rings. The third kappa shape index (κ3) is 2.53. The van der Waals surface area contributed by atoms with Gasteiger partial charge >= 0.3 is 0 Å². The van der Waals surface area contributed by atoms with E-state index >= 15 is 0 Å². The fourth-order valence-corrected chi connectivity index (χ4v) is 1.48. The molecular formula is C14H11NO3. The number of rotatable bonds is 3. The SMILES string of the molecule is COc1ccc(C#N)c(Oc2cccc(O)c2)c1. The summed E-state index contributed by atoms with van der Waals surface area (Å²) in [5.41, 5.74) is 0.402. The highest BCUT2D eigenvalue weighted by Crippen LogP contribution is 2.30. The molecule has 0 aliphatic rings. The van der Waals surface area contributed by atoms with Gasteiger partial charge in [-0.2, -0.15) is 5.26 Å². The molecular weight excluding hydrogens is 230 g/mol. The second-order valence-corrected chi connectivity index (χ2v) is 3.57. The highest BCUT2D eigenvalue weighted by Gasteiger charge is 2.07. The molecule has 0 bridgehead atoms. The zero-order valence-electron chi connectivity index (χ0n) is 9.75. The monoisotopic (exact) mass is 241 g/mol. The number of hydrogen-bond acceptors (Lipinski definition) is 4. The van der Waals surface area contributed by atoms with E-state index < -0.39 is 0 Å². The number of nitriles is 1. The molecule has 2 aromatic carbocycles. The summed E-state index contributed by atoms with van der Waals surface area (Å²) < 4.78 is 10.6. The second kappa shape index (κ2) is 5.11. The molecule has 0 heterocycles. The van der Waals surface area contributed by atoms with E-state index in [1.165, 1.54) is 6.07 Å². The largest absolute Gasteiger partial charge is 0.508 e. The van der Waals surface area contributed by atoms with Gasteiger partial charge < -0.3 is 14.6 Å². The van der Waals surface area contributed by atoms with Gasteiger partial charge in [0.25, 0.3) is 0 Å². The number of phenols is 1. The summed E-state index contributed by atoms with van der Waals surface area (Å²) >= 11 is 0. The Labute approximate surface area is 105 Å². The lowest BCUT2D eigenvalue weighted by Gasteiger charge is -2.09. The minimum absolute atomic E-state index is 0.105. The standard InChI is InChI=1S/C14H11NO3/c1-17-12-6-5-10(9-15)14(8-12)18-13-4-2-3-11(16)7-13/h2-8,16H,1H3. The van der Waals surface area contributed by atoms with E-state index in [0.717, 1.165) is 0 Å². The Morgan fingerprint density at radius 1 is 1.11 bits per heavy atom. The van der Waals surface area contributed by atoms with Crippen LogP contribution in [0.4, 0.5) is 0 Å². The number of hydrogen-bond donors (Lipinski definition) is 1. The van der Waals surface area contributed by atoms with Gasteiger partial charge in [-0.05, 0) is 24.3 Å². The molecule has 1 N–H and O–H groups in total. The lowest BCUT2D eigenvalue weighted by Crippen LogP contribution is -1.90. The van der Waals surface area contributed by atoms with Gasteiger partial charge in [-0.1, -0.05) is 6.07 Å². The molecule has 0 atom stereocenters. The van der Waals surface area contributed by atoms with Crippen molar-refractivity contribution in [2.24, 2.45) is 0 Å². The summed E-state index contributed by atoms with van der Waals surface area (Å²) in [5.74, 6) is 1.56. The molecule has 0 radical (unpaired) electrons. The van der Waals surface area contributed by atoms with Crippen molar-refractivity contribution < 1.29 is 14.6 Å². The first-order chi connectivity index (χ1) is 8.72. The average molecular weight is 241 g/mol. The normalized spacial score (nSPS) is 9.56. The molecule has 4 nitrogen and oxygen atoms in total. The van der Waals surface area contributed by atoms with E-state index in [1.807, 2.05) is 6.07 Å². The van der Waals surface area contributed by atoms with Gasteiger partial charge in [0.05, 0.1) is 12.7 Å². The lowest BCUT2D eigenvalue weighted by molar-refractivity contribution is 0.408. The Morgan fingerprint density at radius 2 is 1.94 bits per heavy atom. The maximum Gasteiger partial charge on any atom is 0.148 e. The Bertz CT molecular complexity index is 602. The van der Waals surface area contributed by atoms with Gasteiger partial charge in [0, 0.05) is 12.1 Å². The van der Waals surface area contributed by atoms with Crippen LogP contribution in [0.3, 0.4) is 0 Å². The van der Waals surface area contributed by atoms with Crippen LogP contribution in [0.5, 0.6) is 23.0 Å². The summed E-state index contributed by atoms with van der Waals surface area (Å²) in [6.45, 7) is 0. The quantitative estimate of drug-likeness (QED) is 0.897. The molecule has 0 spiro atoms. The first kappa shape index (κ1) is 11.8. The van der Waals surface area contributed by atoms with Crippen molar-refractivity contribution in [1.29, 1.82) is 5.26 Å². The minimum atomic E-state index is 0.105. The van der Waals surface area contributed by atoms with Gasteiger partial charge in [0.15, 0.2) is 0 Å². The van der Waals surface area contributed by atoms with E-state index in [4.69, 9.17) is 14.7 Å². The summed E-state index contributed by atoms with van der Waals surface area (Å²) in [4.78, 5) is 0. The van der Waals surface area contributed by atoms with E-state index in [0.29, 0.717) is 22.8 Å². The number of aromatic hydroxyl groups is 1. The topological polar surface area (TPSA) is 62.5 Å². The summed E-state index contributed by atoms with van der Waals surface area (Å²) in [6.07, 6.45) is 0. The average Bonchev–Trinajstić information content (AvgIpc) is 2.38. The molecule has 0 unspecified atom stereocenters. The molecule has 90 valence electrons. The van der Waals surface area contributed by atoms with Crippen LogP contribution in [-0.2, 0) is 0 Å². The van der Waals surface area contributed by atoms with Crippen molar-refractivity contribution in [2.45, 2.75) is 0 Å². The molecule has 18 heavy (non-hydrogen) atoms. The van der Waals surface area contributed by atoms with Crippen molar-refractivity contribution in [3.8, 4) is 29.1 Å². The molecule has 0 aromatic heterocycles. The summed E-state index contributed by atoms with van der Waals surface area (Å²) in [7, 11) is 1.54. The fraction of sp³-hybridized carbons (Fsp3) is 0.0714. The molecule has 0 saturated carbocycles. The van der Waals surface area contributed by atoms with Gasteiger partial charge in [-0.3, -0.25) is 0 Å². The fourth-order valence-electron chi connectivity index (χ4n) is 1.48. The number of benzene rings is 2. The maximum absolute atomic E-state index is 9.35. The van der Waals surface area contributed by atoms with Crippen molar-refractivity contribution in [3.63, 3.8) is 0 Å². The first-order valence-electron chi connectivity index (χ1n) is 5.28. The third-order valence-electron chi connectivity index (χ3n) is 2.35. The Balaban J connectivity index is 2.36. The van der Waals surface area contributed by atoms with Crippen molar-refractivity contribution in [3.05, 3.63) is 48.0 Å². The number of nitrogens with zero attached hydrogens (tertiary/aromatic N) is 1. The van der Waals surface area contributed by atoms with Crippen LogP contribution in [0, 0.1) is 11.3 Å². The van der Waals surface area contributed by atoms with Crippen LogP contribution < -0.4 is 9.47 Å². The number of phenolic OH excluding ortho intramolecular Hbond substituents is 1. The molecule has 0 aliphatic heterocycles. The maximum atomic E-state index is 9.35. The van der Waals surface area contributed by atoms with Gasteiger partial charge in [0.2, 0.25) is 0 Å². The minimum Gasteiger partial charge on any atom is -0.508 e. The van der Waals surface area contributed by atoms with Gasteiger partial charge in [0.1, 0.15) is 29.1 Å². The highest BCUT2D eigenvalue weighted by molar-refractivity contribution is 5.49. The van der Waals surface area contributed by atoms with Crippen LogP contribution in [-0.4, -0.2) is 12.2 Å². The second-order valence-electron chi connectivity index (χ2n) is 3.57. The molecule has 0 aliphatic carbocycles. The Hall–Kier alpha value is -2.67. The van der Waals surface area contributed by atoms with Crippen molar-refractivity contribution >= 4 is 0 Å². The lowest BCUT2D eigenvalue weighted by atomic mass is 10.2. The predicted molar refractivity (Wildman–Crippen MR) is 65.9 cm³/mol.